The first-order valence-electron chi connectivity index (χ1n) is 13.4. The van der Waals surface area contributed by atoms with Crippen LogP contribution in [0.5, 0.6) is 5.75 Å². The second kappa shape index (κ2) is 14.6. The summed E-state index contributed by atoms with van der Waals surface area (Å²) in [5.74, 6) is 1.16. The molecule has 1 aliphatic heterocycles. The number of halogens is 1. The van der Waals surface area contributed by atoms with E-state index in [2.05, 4.69) is 30.6 Å². The average Bonchev–Trinajstić information content (AvgIpc) is 2.96. The Bertz CT molecular complexity index is 1180. The van der Waals surface area contributed by atoms with Gasteiger partial charge in [0.25, 0.3) is 5.91 Å². The maximum Gasteiger partial charge on any atom is 0.404 e. The Balaban J connectivity index is 1.14. The zero-order chi connectivity index (χ0) is 28.3. The van der Waals surface area contributed by atoms with E-state index in [1.165, 1.54) is 0 Å². The Kier molecular flexibility index (Phi) is 10.7. The van der Waals surface area contributed by atoms with Crippen molar-refractivity contribution in [3.05, 3.63) is 46.6 Å². The fourth-order valence-corrected chi connectivity index (χ4v) is 4.99. The number of hydrogen-bond acceptors (Lipinski definition) is 9. The van der Waals surface area contributed by atoms with Crippen LogP contribution in [-0.2, 0) is 4.74 Å². The zero-order valence-corrected chi connectivity index (χ0v) is 23.0. The normalized spacial score (nSPS) is 19.4. The van der Waals surface area contributed by atoms with Crippen LogP contribution in [0.4, 0.5) is 10.6 Å². The monoisotopic (exact) mass is 571 g/mol. The van der Waals surface area contributed by atoms with Crippen LogP contribution in [0, 0.1) is 11.3 Å². The highest BCUT2D eigenvalue weighted by Gasteiger charge is 2.25. The molecule has 1 aliphatic carbocycles. The van der Waals surface area contributed by atoms with Gasteiger partial charge in [-0.15, -0.1) is 10.2 Å². The van der Waals surface area contributed by atoms with Crippen LogP contribution in [0.2, 0.25) is 5.02 Å². The predicted molar refractivity (Wildman–Crippen MR) is 148 cm³/mol. The Hall–Kier alpha value is -3.66. The molecule has 214 valence electrons. The molecule has 1 saturated carbocycles. The summed E-state index contributed by atoms with van der Waals surface area (Å²) in [6, 6.07) is 10.7. The van der Waals surface area contributed by atoms with Crippen molar-refractivity contribution in [1.29, 1.82) is 5.26 Å². The topological polar surface area (TPSA) is 153 Å². The molecule has 0 unspecified atom stereocenters. The summed E-state index contributed by atoms with van der Waals surface area (Å²) in [4.78, 5) is 27.6. The first-order valence-corrected chi connectivity index (χ1v) is 13.8. The smallest absolute Gasteiger partial charge is 0.404 e. The molecule has 2 aliphatic rings. The first kappa shape index (κ1) is 29.3. The van der Waals surface area contributed by atoms with Crippen molar-refractivity contribution < 1.29 is 24.2 Å². The zero-order valence-electron chi connectivity index (χ0n) is 22.2. The van der Waals surface area contributed by atoms with Crippen LogP contribution in [0.1, 0.15) is 41.7 Å². The van der Waals surface area contributed by atoms with E-state index in [1.54, 1.807) is 24.3 Å². The van der Waals surface area contributed by atoms with Crippen LogP contribution >= 0.6 is 11.6 Å². The van der Waals surface area contributed by atoms with Gasteiger partial charge in [-0.1, -0.05) is 11.6 Å². The minimum atomic E-state index is -1.05. The third kappa shape index (κ3) is 8.67. The van der Waals surface area contributed by atoms with Gasteiger partial charge in [-0.2, -0.15) is 5.26 Å². The molecule has 1 aromatic heterocycles. The number of nitrogens with one attached hydrogen (secondary N) is 2. The van der Waals surface area contributed by atoms with E-state index in [1.807, 2.05) is 12.1 Å². The van der Waals surface area contributed by atoms with Crippen molar-refractivity contribution in [2.45, 2.75) is 37.8 Å². The number of ether oxygens (including phenoxy) is 2. The molecule has 1 saturated heterocycles. The highest BCUT2D eigenvalue weighted by atomic mass is 35.5. The molecule has 1 aromatic carbocycles. The van der Waals surface area contributed by atoms with Gasteiger partial charge in [0.05, 0.1) is 29.9 Å². The minimum Gasteiger partial charge on any atom is -0.490 e. The molecule has 0 spiro atoms. The molecule has 2 aromatic rings. The summed E-state index contributed by atoms with van der Waals surface area (Å²) in [6.07, 6.45) is 2.17. The van der Waals surface area contributed by atoms with Crippen LogP contribution in [0.25, 0.3) is 0 Å². The van der Waals surface area contributed by atoms with Gasteiger partial charge in [0, 0.05) is 51.4 Å². The second-order valence-corrected chi connectivity index (χ2v) is 10.2. The molecular formula is C27H34ClN7O5. The van der Waals surface area contributed by atoms with E-state index in [0.717, 1.165) is 64.2 Å². The van der Waals surface area contributed by atoms with Crippen molar-refractivity contribution >= 4 is 29.4 Å². The molecule has 0 radical (unpaired) electrons. The predicted octanol–water partition coefficient (Wildman–Crippen LogP) is 2.53. The molecule has 2 amide bonds. The average molecular weight is 572 g/mol. The summed E-state index contributed by atoms with van der Waals surface area (Å²) in [6.45, 7) is 5.25. The van der Waals surface area contributed by atoms with Gasteiger partial charge in [-0.3, -0.25) is 9.69 Å². The van der Waals surface area contributed by atoms with Gasteiger partial charge < -0.3 is 30.1 Å². The summed E-state index contributed by atoms with van der Waals surface area (Å²) >= 11 is 6.10. The number of piperazine rings is 1. The standard InChI is InChI=1S/C27H34ClN7O5/c28-23-17-22(4-1-19(23)18-29)40-21-5-2-20(3-6-21)31-26(36)24-7-8-25(33-32-24)35-12-10-34(11-13-35)14-16-39-15-9-30-27(37)38/h1,4,7-8,17,20-21,30H,2-3,5-6,9-16H2,(H,31,36)(H,37,38). The SMILES string of the molecule is N#Cc1ccc(OC2CCC(NC(=O)c3ccc(N4CCN(CCOCCNC(=O)O)CC4)nn3)CC2)cc1Cl. The van der Waals surface area contributed by atoms with E-state index in [-0.39, 0.29) is 24.6 Å². The lowest BCUT2D eigenvalue weighted by Gasteiger charge is -2.35. The number of rotatable bonds is 11. The lowest BCUT2D eigenvalue weighted by molar-refractivity contribution is 0.0888. The highest BCUT2D eigenvalue weighted by Crippen LogP contribution is 2.27. The number of anilines is 1. The first-order chi connectivity index (χ1) is 19.4. The molecule has 12 nitrogen and oxygen atoms in total. The van der Waals surface area contributed by atoms with Gasteiger partial charge in [-0.05, 0) is 49.9 Å². The summed E-state index contributed by atoms with van der Waals surface area (Å²) in [5.41, 5.74) is 0.713. The van der Waals surface area contributed by atoms with Gasteiger partial charge in [0.2, 0.25) is 0 Å². The Morgan fingerprint density at radius 1 is 1.07 bits per heavy atom. The quantitative estimate of drug-likeness (QED) is 0.343. The molecular weight excluding hydrogens is 538 g/mol. The fraction of sp³-hybridized carbons (Fsp3) is 0.519. The molecule has 40 heavy (non-hydrogen) atoms. The van der Waals surface area contributed by atoms with E-state index < -0.39 is 6.09 Å². The van der Waals surface area contributed by atoms with Gasteiger partial charge >= 0.3 is 6.09 Å². The third-order valence-corrected chi connectivity index (χ3v) is 7.34. The van der Waals surface area contributed by atoms with E-state index in [0.29, 0.717) is 35.2 Å². The van der Waals surface area contributed by atoms with Crippen LogP contribution in [0.3, 0.4) is 0 Å². The maximum absolute atomic E-state index is 12.8. The van der Waals surface area contributed by atoms with Crippen LogP contribution < -0.4 is 20.3 Å². The Morgan fingerprint density at radius 3 is 2.50 bits per heavy atom. The molecule has 2 heterocycles. The Morgan fingerprint density at radius 2 is 1.85 bits per heavy atom. The number of aromatic nitrogens is 2. The maximum atomic E-state index is 12.8. The second-order valence-electron chi connectivity index (χ2n) is 9.77. The number of nitrogens with zero attached hydrogens (tertiary/aromatic N) is 5. The number of carbonyl (C=O) groups excluding carboxylic acids is 1. The number of amides is 2. The van der Waals surface area contributed by atoms with Crippen molar-refractivity contribution in [1.82, 2.24) is 25.7 Å². The van der Waals surface area contributed by atoms with E-state index in [4.69, 9.17) is 31.4 Å². The van der Waals surface area contributed by atoms with Gasteiger partial charge in [0.1, 0.15) is 11.8 Å². The third-order valence-electron chi connectivity index (χ3n) is 7.03. The lowest BCUT2D eigenvalue weighted by Crippen LogP contribution is -2.47. The van der Waals surface area contributed by atoms with Crippen LogP contribution in [-0.4, -0.2) is 96.8 Å². The number of hydrogen-bond donors (Lipinski definition) is 3. The van der Waals surface area contributed by atoms with Gasteiger partial charge in [0.15, 0.2) is 11.5 Å². The fourth-order valence-electron chi connectivity index (χ4n) is 4.78. The molecule has 0 atom stereocenters. The number of nitriles is 1. The van der Waals surface area contributed by atoms with E-state index >= 15 is 0 Å². The van der Waals surface area contributed by atoms with Crippen molar-refractivity contribution in [2.24, 2.45) is 0 Å². The Labute approximate surface area is 238 Å². The molecule has 13 heteroatoms. The van der Waals surface area contributed by atoms with Crippen LogP contribution in [0.15, 0.2) is 30.3 Å². The molecule has 3 N–H and O–H groups in total. The number of benzene rings is 1. The van der Waals surface area contributed by atoms with Crippen molar-refractivity contribution in [2.75, 3.05) is 57.4 Å². The molecule has 0 bridgehead atoms. The van der Waals surface area contributed by atoms with Gasteiger partial charge in [-0.25, -0.2) is 4.79 Å². The largest absolute Gasteiger partial charge is 0.490 e. The van der Waals surface area contributed by atoms with Crippen molar-refractivity contribution in [3.63, 3.8) is 0 Å². The number of carboxylic acid groups (broad SMARTS) is 1. The van der Waals surface area contributed by atoms with Crippen molar-refractivity contribution in [3.8, 4) is 11.8 Å². The molecule has 2 fully saturated rings. The molecule has 4 rings (SSSR count). The summed E-state index contributed by atoms with van der Waals surface area (Å²) < 4.78 is 11.5. The summed E-state index contributed by atoms with van der Waals surface area (Å²) in [5, 5.41) is 31.7. The highest BCUT2D eigenvalue weighted by molar-refractivity contribution is 6.31. The summed E-state index contributed by atoms with van der Waals surface area (Å²) in [7, 11) is 0. The lowest BCUT2D eigenvalue weighted by atomic mass is 9.93. The van der Waals surface area contributed by atoms with E-state index in [9.17, 15) is 9.59 Å². The minimum absolute atomic E-state index is 0.0327. The number of carbonyl (C=O) groups is 2.